The number of rotatable bonds is 10. The molecule has 2 heteroatoms. The van der Waals surface area contributed by atoms with Crippen LogP contribution in [0.4, 0.5) is 0 Å². The van der Waals surface area contributed by atoms with Gasteiger partial charge in [-0.25, -0.2) is 0 Å². The van der Waals surface area contributed by atoms with Gasteiger partial charge in [-0.2, -0.15) is 0 Å². The summed E-state index contributed by atoms with van der Waals surface area (Å²) in [4.78, 5) is 0. The number of phenols is 2. The summed E-state index contributed by atoms with van der Waals surface area (Å²) in [6.07, 6.45) is 11.9. The molecule has 1 aliphatic rings. The Bertz CT molecular complexity index is 1040. The van der Waals surface area contributed by atoms with Crippen LogP contribution in [0.2, 0.25) is 0 Å². The molecular weight excluding hydrogens is 380 g/mol. The third-order valence-electron chi connectivity index (χ3n) is 7.24. The Balaban J connectivity index is 1.90. The molecule has 31 heavy (non-hydrogen) atoms. The van der Waals surface area contributed by atoms with E-state index in [4.69, 9.17) is 0 Å². The molecule has 0 bridgehead atoms. The highest BCUT2D eigenvalue weighted by Crippen LogP contribution is 2.57. The molecule has 0 amide bonds. The maximum atomic E-state index is 11.0. The van der Waals surface area contributed by atoms with Gasteiger partial charge in [0.15, 0.2) is 0 Å². The lowest BCUT2D eigenvalue weighted by molar-refractivity contribution is 0.396. The van der Waals surface area contributed by atoms with Crippen molar-refractivity contribution in [3.8, 4) is 22.6 Å². The van der Waals surface area contributed by atoms with Crippen LogP contribution in [0, 0.1) is 0 Å². The van der Waals surface area contributed by atoms with E-state index in [1.54, 1.807) is 0 Å². The van der Waals surface area contributed by atoms with Crippen LogP contribution in [-0.2, 0) is 5.41 Å². The molecule has 0 aromatic heterocycles. The van der Waals surface area contributed by atoms with Crippen LogP contribution < -0.4 is 0 Å². The average Bonchev–Trinajstić information content (AvgIpc) is 3.04. The lowest BCUT2D eigenvalue weighted by atomic mass is 9.70. The zero-order valence-electron chi connectivity index (χ0n) is 19.1. The quantitative estimate of drug-likeness (QED) is 0.325. The first-order valence-corrected chi connectivity index (χ1v) is 12.2. The number of hydrogen-bond donors (Lipinski definition) is 2. The molecule has 4 rings (SSSR count). The van der Waals surface area contributed by atoms with E-state index in [9.17, 15) is 10.2 Å². The topological polar surface area (TPSA) is 40.5 Å². The monoisotopic (exact) mass is 416 g/mol. The minimum Gasteiger partial charge on any atom is -0.508 e. The van der Waals surface area contributed by atoms with Gasteiger partial charge in [0.2, 0.25) is 0 Å². The van der Waals surface area contributed by atoms with Crippen molar-refractivity contribution in [1.82, 2.24) is 0 Å². The Kier molecular flexibility index (Phi) is 6.55. The standard InChI is InChI=1S/C29H36O2/c1-3-5-7-11-17-29(18-12-8-6-4-2)25-19-21(30)15-16-24(25)28-23-14-10-9-13-22(23)27(31)20-26(28)29/h9-10,13-16,19-20,30-31H,3-8,11-12,17-18H2,1-2H3. The number of phenolic OH excluding ortho intramolecular Hbond substituents is 2. The van der Waals surface area contributed by atoms with Crippen LogP contribution >= 0.6 is 0 Å². The smallest absolute Gasteiger partial charge is 0.123 e. The van der Waals surface area contributed by atoms with Crippen molar-refractivity contribution < 1.29 is 10.2 Å². The van der Waals surface area contributed by atoms with Gasteiger partial charge in [0.25, 0.3) is 0 Å². The molecular formula is C29H36O2. The van der Waals surface area contributed by atoms with E-state index in [1.165, 1.54) is 73.6 Å². The first-order valence-electron chi connectivity index (χ1n) is 12.2. The van der Waals surface area contributed by atoms with Gasteiger partial charge in [-0.1, -0.05) is 95.5 Å². The number of fused-ring (bicyclic) bond motifs is 5. The van der Waals surface area contributed by atoms with Crippen molar-refractivity contribution in [3.05, 3.63) is 59.7 Å². The number of hydrogen-bond acceptors (Lipinski definition) is 2. The van der Waals surface area contributed by atoms with Gasteiger partial charge in [-0.3, -0.25) is 0 Å². The predicted molar refractivity (Wildman–Crippen MR) is 131 cm³/mol. The highest BCUT2D eigenvalue weighted by molar-refractivity contribution is 6.05. The van der Waals surface area contributed by atoms with Crippen molar-refractivity contribution >= 4 is 10.8 Å². The van der Waals surface area contributed by atoms with Crippen LogP contribution in [0.3, 0.4) is 0 Å². The fourth-order valence-corrected chi connectivity index (χ4v) is 5.69. The van der Waals surface area contributed by atoms with Gasteiger partial charge in [-0.15, -0.1) is 0 Å². The number of aromatic hydroxyl groups is 2. The maximum Gasteiger partial charge on any atom is 0.123 e. The predicted octanol–water partition coefficient (Wildman–Crippen LogP) is 8.46. The molecule has 2 nitrogen and oxygen atoms in total. The SMILES string of the molecule is CCCCCCC1(CCCCCC)c2cc(O)ccc2-c2c1cc(O)c1ccccc21. The summed E-state index contributed by atoms with van der Waals surface area (Å²) in [6.45, 7) is 4.51. The van der Waals surface area contributed by atoms with Crippen molar-refractivity contribution in [2.45, 2.75) is 83.5 Å². The Morgan fingerprint density at radius 3 is 1.97 bits per heavy atom. The van der Waals surface area contributed by atoms with Gasteiger partial charge >= 0.3 is 0 Å². The Labute approximate surface area is 186 Å². The lowest BCUT2D eigenvalue weighted by Gasteiger charge is -2.33. The summed E-state index contributed by atoms with van der Waals surface area (Å²) in [6, 6.07) is 16.1. The first kappa shape index (κ1) is 21.7. The molecule has 0 saturated carbocycles. The second-order valence-corrected chi connectivity index (χ2v) is 9.30. The largest absolute Gasteiger partial charge is 0.508 e. The summed E-state index contributed by atoms with van der Waals surface area (Å²) in [5.41, 5.74) is 4.87. The molecule has 3 aromatic rings. The summed E-state index contributed by atoms with van der Waals surface area (Å²) in [7, 11) is 0. The zero-order chi connectivity index (χ0) is 21.8. The highest BCUT2D eigenvalue weighted by atomic mass is 16.3. The maximum absolute atomic E-state index is 11.0. The van der Waals surface area contributed by atoms with E-state index in [1.807, 2.05) is 30.3 Å². The van der Waals surface area contributed by atoms with Crippen molar-refractivity contribution in [2.75, 3.05) is 0 Å². The van der Waals surface area contributed by atoms with E-state index in [-0.39, 0.29) is 5.41 Å². The molecule has 164 valence electrons. The second-order valence-electron chi connectivity index (χ2n) is 9.30. The van der Waals surface area contributed by atoms with Crippen molar-refractivity contribution in [1.29, 1.82) is 0 Å². The van der Waals surface area contributed by atoms with Crippen LogP contribution in [0.1, 0.15) is 89.2 Å². The molecule has 0 saturated heterocycles. The highest BCUT2D eigenvalue weighted by Gasteiger charge is 2.43. The van der Waals surface area contributed by atoms with Gasteiger partial charge in [0, 0.05) is 10.8 Å². The molecule has 0 fully saturated rings. The molecule has 0 atom stereocenters. The van der Waals surface area contributed by atoms with Gasteiger partial charge < -0.3 is 10.2 Å². The molecule has 0 spiro atoms. The fraction of sp³-hybridized carbons (Fsp3) is 0.448. The van der Waals surface area contributed by atoms with Crippen molar-refractivity contribution in [3.63, 3.8) is 0 Å². The number of unbranched alkanes of at least 4 members (excludes halogenated alkanes) is 6. The summed E-state index contributed by atoms with van der Waals surface area (Å²) >= 11 is 0. The molecule has 3 aromatic carbocycles. The summed E-state index contributed by atoms with van der Waals surface area (Å²) in [5, 5.41) is 23.4. The molecule has 0 radical (unpaired) electrons. The fourth-order valence-electron chi connectivity index (χ4n) is 5.69. The van der Waals surface area contributed by atoms with E-state index in [0.29, 0.717) is 11.5 Å². The minimum absolute atomic E-state index is 0.133. The second kappa shape index (κ2) is 9.34. The first-order chi connectivity index (χ1) is 15.1. The lowest BCUT2D eigenvalue weighted by Crippen LogP contribution is -2.25. The molecule has 0 aliphatic heterocycles. The van der Waals surface area contributed by atoms with Crippen molar-refractivity contribution in [2.24, 2.45) is 0 Å². The minimum atomic E-state index is -0.133. The molecule has 2 N–H and O–H groups in total. The van der Waals surface area contributed by atoms with Crippen LogP contribution in [0.15, 0.2) is 48.5 Å². The summed E-state index contributed by atoms with van der Waals surface area (Å²) in [5.74, 6) is 0.712. The average molecular weight is 417 g/mol. The van der Waals surface area contributed by atoms with Gasteiger partial charge in [0.05, 0.1) is 0 Å². The van der Waals surface area contributed by atoms with Crippen LogP contribution in [0.5, 0.6) is 11.5 Å². The molecule has 0 heterocycles. The van der Waals surface area contributed by atoms with E-state index >= 15 is 0 Å². The van der Waals surface area contributed by atoms with Gasteiger partial charge in [-0.05, 0) is 58.7 Å². The van der Waals surface area contributed by atoms with Crippen LogP contribution in [-0.4, -0.2) is 10.2 Å². The Morgan fingerprint density at radius 2 is 1.32 bits per heavy atom. The van der Waals surface area contributed by atoms with Crippen LogP contribution in [0.25, 0.3) is 21.9 Å². The Morgan fingerprint density at radius 1 is 0.677 bits per heavy atom. The number of benzene rings is 3. The molecule has 0 unspecified atom stereocenters. The van der Waals surface area contributed by atoms with Gasteiger partial charge in [0.1, 0.15) is 11.5 Å². The third kappa shape index (κ3) is 3.93. The summed E-state index contributed by atoms with van der Waals surface area (Å²) < 4.78 is 0. The normalized spacial score (nSPS) is 14.0. The van der Waals surface area contributed by atoms with E-state index in [2.05, 4.69) is 32.0 Å². The van der Waals surface area contributed by atoms with E-state index in [0.717, 1.165) is 23.6 Å². The Hall–Kier alpha value is -2.48. The third-order valence-corrected chi connectivity index (χ3v) is 7.24. The zero-order valence-corrected chi connectivity index (χ0v) is 19.1. The molecule has 1 aliphatic carbocycles. The van der Waals surface area contributed by atoms with E-state index < -0.39 is 0 Å².